The summed E-state index contributed by atoms with van der Waals surface area (Å²) in [5.41, 5.74) is 0. The first-order valence-corrected chi connectivity index (χ1v) is 13.1. The molecule has 1 aliphatic rings. The molecule has 4 nitrogen and oxygen atoms in total. The molecule has 0 amide bonds. The van der Waals surface area contributed by atoms with E-state index in [4.69, 9.17) is 13.9 Å². The molecule has 1 saturated heterocycles. The fraction of sp³-hybridized carbons (Fsp3) is 0.905. The van der Waals surface area contributed by atoms with Gasteiger partial charge in [0.25, 0.3) is 0 Å². The Morgan fingerprint density at radius 2 is 1.69 bits per heavy atom. The zero-order chi connectivity index (χ0) is 19.6. The summed E-state index contributed by atoms with van der Waals surface area (Å²) in [6.45, 7) is 16.6. The molecule has 0 spiro atoms. The highest BCUT2D eigenvalue weighted by molar-refractivity contribution is 6.73. The van der Waals surface area contributed by atoms with Gasteiger partial charge >= 0.3 is 0 Å². The average molecular weight is 387 g/mol. The topological polar surface area (TPSA) is 47.9 Å². The van der Waals surface area contributed by atoms with Crippen LogP contribution in [0, 0.1) is 11.8 Å². The fourth-order valence-corrected chi connectivity index (χ4v) is 7.09. The lowest BCUT2D eigenvalue weighted by Gasteiger charge is -2.40. The molecular weight excluding hydrogens is 344 g/mol. The van der Waals surface area contributed by atoms with Gasteiger partial charge in [0.1, 0.15) is 0 Å². The normalized spacial score (nSPS) is 21.2. The number of rotatable bonds is 13. The summed E-state index contributed by atoms with van der Waals surface area (Å²) in [7, 11) is -1.72. The Kier molecular flexibility index (Phi) is 11.3. The quantitative estimate of drug-likeness (QED) is 0.352. The first-order chi connectivity index (χ1) is 12.4. The summed E-state index contributed by atoms with van der Waals surface area (Å²) in [6, 6.07) is 3.42. The van der Waals surface area contributed by atoms with Gasteiger partial charge in [-0.1, -0.05) is 40.7 Å². The Bertz CT molecular complexity index is 372. The van der Waals surface area contributed by atoms with Crippen LogP contribution in [0.3, 0.4) is 0 Å². The Labute approximate surface area is 162 Å². The molecule has 1 rings (SSSR count). The zero-order valence-corrected chi connectivity index (χ0v) is 18.7. The van der Waals surface area contributed by atoms with Crippen LogP contribution < -0.4 is 0 Å². The van der Waals surface area contributed by atoms with Crippen molar-refractivity contribution in [2.75, 3.05) is 13.2 Å². The van der Waals surface area contributed by atoms with Crippen LogP contribution >= 0.6 is 0 Å². The second kappa shape index (κ2) is 12.3. The number of hydrogen-bond acceptors (Lipinski definition) is 4. The van der Waals surface area contributed by atoms with Crippen molar-refractivity contribution in [3.05, 3.63) is 12.7 Å². The zero-order valence-electron chi connectivity index (χ0n) is 17.7. The van der Waals surface area contributed by atoms with Crippen LogP contribution in [0.1, 0.15) is 60.3 Å². The van der Waals surface area contributed by atoms with Crippen LogP contribution in [0.4, 0.5) is 0 Å². The molecule has 154 valence electrons. The van der Waals surface area contributed by atoms with Crippen molar-refractivity contribution in [2.45, 2.75) is 96.9 Å². The Hall–Kier alpha value is -0.203. The van der Waals surface area contributed by atoms with Crippen LogP contribution in [0.2, 0.25) is 18.1 Å². The minimum atomic E-state index is -1.72. The summed E-state index contributed by atoms with van der Waals surface area (Å²) in [5.74, 6) is 0.626. The minimum absolute atomic E-state index is 0.115. The predicted molar refractivity (Wildman–Crippen MR) is 111 cm³/mol. The van der Waals surface area contributed by atoms with Gasteiger partial charge in [0.2, 0.25) is 0 Å². The molecule has 1 heterocycles. The Morgan fingerprint density at radius 3 is 2.19 bits per heavy atom. The van der Waals surface area contributed by atoms with Gasteiger partial charge in [-0.15, -0.1) is 6.58 Å². The molecule has 0 saturated carbocycles. The van der Waals surface area contributed by atoms with Crippen molar-refractivity contribution in [1.82, 2.24) is 0 Å². The lowest BCUT2D eigenvalue weighted by molar-refractivity contribution is -0.190. The van der Waals surface area contributed by atoms with Crippen LogP contribution in [-0.2, 0) is 13.9 Å². The van der Waals surface area contributed by atoms with Crippen molar-refractivity contribution in [1.29, 1.82) is 0 Å². The van der Waals surface area contributed by atoms with Gasteiger partial charge in [-0.2, -0.15) is 0 Å². The van der Waals surface area contributed by atoms with Crippen molar-refractivity contribution in [2.24, 2.45) is 11.8 Å². The molecule has 0 radical (unpaired) electrons. The number of hydrogen-bond donors (Lipinski definition) is 1. The first kappa shape index (κ1) is 23.8. The van der Waals surface area contributed by atoms with Crippen LogP contribution in [-0.4, -0.2) is 45.1 Å². The second-order valence-electron chi connectivity index (χ2n) is 7.96. The van der Waals surface area contributed by atoms with E-state index in [9.17, 15) is 5.11 Å². The number of aliphatic hydroxyl groups is 1. The van der Waals surface area contributed by atoms with Crippen molar-refractivity contribution >= 4 is 8.32 Å². The maximum atomic E-state index is 10.3. The lowest BCUT2D eigenvalue weighted by Crippen LogP contribution is -2.46. The molecule has 0 bridgehead atoms. The molecule has 5 heteroatoms. The maximum Gasteiger partial charge on any atom is 0.192 e. The van der Waals surface area contributed by atoms with E-state index in [0.717, 1.165) is 50.6 Å². The Morgan fingerprint density at radius 1 is 1.12 bits per heavy atom. The van der Waals surface area contributed by atoms with Gasteiger partial charge in [0.15, 0.2) is 14.6 Å². The Balaban J connectivity index is 2.85. The van der Waals surface area contributed by atoms with E-state index in [1.807, 2.05) is 0 Å². The SMILES string of the molecule is C=CC[C@H](O)C[C@@H](C)[C@H](O[Si](CC)(CC)CC)[C@@H](C)CC1OCCCO1. The van der Waals surface area contributed by atoms with Gasteiger partial charge in [0.05, 0.1) is 25.4 Å². The number of aliphatic hydroxyl groups excluding tert-OH is 1. The maximum absolute atomic E-state index is 10.3. The minimum Gasteiger partial charge on any atom is -0.413 e. The average Bonchev–Trinajstić information content (AvgIpc) is 2.64. The molecule has 0 aromatic heterocycles. The van der Waals surface area contributed by atoms with E-state index in [0.29, 0.717) is 18.3 Å². The van der Waals surface area contributed by atoms with E-state index in [-0.39, 0.29) is 18.5 Å². The van der Waals surface area contributed by atoms with E-state index in [1.165, 1.54) is 0 Å². The van der Waals surface area contributed by atoms with Gasteiger partial charge in [-0.3, -0.25) is 0 Å². The molecular formula is C21H42O4Si. The summed E-state index contributed by atoms with van der Waals surface area (Å²) in [5, 5.41) is 10.3. The smallest absolute Gasteiger partial charge is 0.192 e. The lowest BCUT2D eigenvalue weighted by atomic mass is 9.87. The predicted octanol–water partition coefficient (Wildman–Crippen LogP) is 5.13. The van der Waals surface area contributed by atoms with Gasteiger partial charge in [-0.25, -0.2) is 0 Å². The van der Waals surface area contributed by atoms with E-state index >= 15 is 0 Å². The molecule has 0 aromatic carbocycles. The standard InChI is InChI=1S/C21H42O4Si/c1-7-12-19(22)15-17(5)21(25-26(8-2,9-3)10-4)18(6)16-20-23-13-11-14-24-20/h7,17-22H,1,8-16H2,2-6H3/t17-,18+,19+,21+/m1/s1. The van der Waals surface area contributed by atoms with E-state index in [2.05, 4.69) is 41.2 Å². The van der Waals surface area contributed by atoms with Crippen LogP contribution in [0.5, 0.6) is 0 Å². The molecule has 4 atom stereocenters. The summed E-state index contributed by atoms with van der Waals surface area (Å²) < 4.78 is 18.5. The van der Waals surface area contributed by atoms with Gasteiger partial charge < -0.3 is 19.0 Å². The van der Waals surface area contributed by atoms with Gasteiger partial charge in [-0.05, 0) is 49.2 Å². The van der Waals surface area contributed by atoms with Crippen LogP contribution in [0.25, 0.3) is 0 Å². The number of ether oxygens (including phenoxy) is 2. The highest BCUT2D eigenvalue weighted by atomic mass is 28.4. The first-order valence-electron chi connectivity index (χ1n) is 10.6. The third kappa shape index (κ3) is 7.43. The summed E-state index contributed by atoms with van der Waals surface area (Å²) in [4.78, 5) is 0. The largest absolute Gasteiger partial charge is 0.413 e. The van der Waals surface area contributed by atoms with Crippen molar-refractivity contribution in [3.63, 3.8) is 0 Å². The summed E-state index contributed by atoms with van der Waals surface area (Å²) in [6.07, 6.45) is 4.69. The van der Waals surface area contributed by atoms with E-state index in [1.54, 1.807) is 6.08 Å². The van der Waals surface area contributed by atoms with E-state index < -0.39 is 8.32 Å². The van der Waals surface area contributed by atoms with Crippen molar-refractivity contribution < 1.29 is 19.0 Å². The fourth-order valence-electron chi connectivity index (χ4n) is 4.04. The molecule has 0 unspecified atom stereocenters. The van der Waals surface area contributed by atoms with Crippen LogP contribution in [0.15, 0.2) is 12.7 Å². The highest BCUT2D eigenvalue weighted by Gasteiger charge is 2.37. The highest BCUT2D eigenvalue weighted by Crippen LogP contribution is 2.33. The monoisotopic (exact) mass is 386 g/mol. The molecule has 1 aliphatic heterocycles. The molecule has 1 fully saturated rings. The molecule has 0 aromatic rings. The summed E-state index contributed by atoms with van der Waals surface area (Å²) >= 11 is 0. The molecule has 0 aliphatic carbocycles. The van der Waals surface area contributed by atoms with Crippen molar-refractivity contribution in [3.8, 4) is 0 Å². The molecule has 1 N–H and O–H groups in total. The third-order valence-corrected chi connectivity index (χ3v) is 10.6. The third-order valence-electron chi connectivity index (χ3n) is 5.98. The second-order valence-corrected chi connectivity index (χ2v) is 12.7. The molecule has 26 heavy (non-hydrogen) atoms. The van der Waals surface area contributed by atoms with Gasteiger partial charge in [0, 0.05) is 6.42 Å².